The molecule has 0 aliphatic carbocycles. The highest BCUT2D eigenvalue weighted by atomic mass is 16.5. The van der Waals surface area contributed by atoms with Gasteiger partial charge in [0.25, 0.3) is 5.88 Å². The molecule has 0 spiro atoms. The van der Waals surface area contributed by atoms with Crippen molar-refractivity contribution in [1.82, 2.24) is 4.98 Å². The summed E-state index contributed by atoms with van der Waals surface area (Å²) in [6.07, 6.45) is 2.18. The van der Waals surface area contributed by atoms with Gasteiger partial charge in [-0.2, -0.15) is 0 Å². The van der Waals surface area contributed by atoms with Gasteiger partial charge in [-0.1, -0.05) is 0 Å². The van der Waals surface area contributed by atoms with Gasteiger partial charge in [0.2, 0.25) is 0 Å². The van der Waals surface area contributed by atoms with Crippen molar-refractivity contribution < 1.29 is 9.84 Å². The molecule has 1 aromatic rings. The van der Waals surface area contributed by atoms with E-state index in [9.17, 15) is 0 Å². The van der Waals surface area contributed by atoms with Crippen molar-refractivity contribution in [2.75, 3.05) is 6.61 Å². The molecule has 3 heteroatoms. The Labute approximate surface area is 65.7 Å². The molecule has 0 unspecified atom stereocenters. The Kier molecular flexibility index (Phi) is 2.72. The smallest absolute Gasteiger partial charge is 0.254 e. The van der Waals surface area contributed by atoms with Gasteiger partial charge in [-0.3, -0.25) is 0 Å². The molecule has 1 rings (SSSR count). The van der Waals surface area contributed by atoms with Crippen LogP contribution in [0.1, 0.15) is 6.42 Å². The number of hydrogen-bond acceptors (Lipinski definition) is 3. The zero-order chi connectivity index (χ0) is 8.10. The highest BCUT2D eigenvalue weighted by Gasteiger charge is 1.99. The average molecular weight is 152 g/mol. The number of aromatic nitrogens is 1. The summed E-state index contributed by atoms with van der Waals surface area (Å²) in [4.78, 5) is 3.64. The maximum absolute atomic E-state index is 9.08. The summed E-state index contributed by atoms with van der Waals surface area (Å²) in [6, 6.07) is 3.37. The fraction of sp³-hybridized carbons (Fsp3) is 0.250. The lowest BCUT2D eigenvalue weighted by atomic mass is 10.4. The summed E-state index contributed by atoms with van der Waals surface area (Å²) >= 11 is 0. The van der Waals surface area contributed by atoms with Gasteiger partial charge in [0.05, 0.1) is 6.61 Å². The van der Waals surface area contributed by atoms with Crippen LogP contribution in [0.2, 0.25) is 0 Å². The number of nitrogens with zero attached hydrogens (tertiary/aromatic N) is 1. The largest absolute Gasteiger partial charge is 0.491 e. The molecule has 59 valence electrons. The highest BCUT2D eigenvalue weighted by molar-refractivity contribution is 5.30. The molecular formula is C8H10NO2. The van der Waals surface area contributed by atoms with Crippen molar-refractivity contribution in [3.8, 4) is 11.6 Å². The second-order valence-electron chi connectivity index (χ2n) is 2.03. The first-order valence-electron chi connectivity index (χ1n) is 3.40. The molecule has 1 N–H and O–H groups in total. The van der Waals surface area contributed by atoms with Gasteiger partial charge in [0, 0.05) is 6.20 Å². The molecular weight excluding hydrogens is 142 g/mol. The van der Waals surface area contributed by atoms with Crippen LogP contribution in [-0.2, 0) is 0 Å². The predicted octanol–water partition coefficient (Wildman–Crippen LogP) is 1.39. The molecule has 1 heterocycles. The first kappa shape index (κ1) is 7.85. The van der Waals surface area contributed by atoms with Crippen molar-refractivity contribution in [2.24, 2.45) is 0 Å². The van der Waals surface area contributed by atoms with Gasteiger partial charge in [-0.05, 0) is 25.5 Å². The molecule has 0 aliphatic rings. The van der Waals surface area contributed by atoms with E-state index >= 15 is 0 Å². The third-order valence-electron chi connectivity index (χ3n) is 1.15. The third-order valence-corrected chi connectivity index (χ3v) is 1.15. The van der Waals surface area contributed by atoms with Crippen LogP contribution < -0.4 is 4.74 Å². The fourth-order valence-electron chi connectivity index (χ4n) is 0.677. The summed E-state index contributed by atoms with van der Waals surface area (Å²) < 4.78 is 5.11. The summed E-state index contributed by atoms with van der Waals surface area (Å²) in [6.45, 7) is 4.10. The minimum Gasteiger partial charge on any atom is -0.491 e. The van der Waals surface area contributed by atoms with E-state index in [-0.39, 0.29) is 5.88 Å². The molecule has 0 fully saturated rings. The van der Waals surface area contributed by atoms with Crippen LogP contribution in [0.15, 0.2) is 18.3 Å². The molecule has 0 aromatic carbocycles. The van der Waals surface area contributed by atoms with Crippen LogP contribution in [-0.4, -0.2) is 16.7 Å². The van der Waals surface area contributed by atoms with Crippen LogP contribution in [0, 0.1) is 6.92 Å². The highest BCUT2D eigenvalue weighted by Crippen LogP contribution is 2.20. The van der Waals surface area contributed by atoms with Crippen LogP contribution >= 0.6 is 0 Å². The number of ether oxygens (including phenoxy) is 1. The molecule has 0 atom stereocenters. The zero-order valence-electron chi connectivity index (χ0n) is 6.16. The first-order chi connectivity index (χ1) is 5.34. The minimum absolute atomic E-state index is 0.0686. The standard InChI is InChI=1S/C8H10NO2/c1-2-6-11-7-4-3-5-9-8(7)10/h3-5H,1-2,6H2,(H,9,10). The molecule has 0 aliphatic heterocycles. The molecule has 3 nitrogen and oxygen atoms in total. The Morgan fingerprint density at radius 3 is 3.09 bits per heavy atom. The van der Waals surface area contributed by atoms with Gasteiger partial charge < -0.3 is 9.84 Å². The van der Waals surface area contributed by atoms with E-state index in [4.69, 9.17) is 9.84 Å². The summed E-state index contributed by atoms with van der Waals surface area (Å²) in [5.41, 5.74) is 0. The van der Waals surface area contributed by atoms with E-state index in [0.29, 0.717) is 18.8 Å². The van der Waals surface area contributed by atoms with Crippen LogP contribution in [0.4, 0.5) is 0 Å². The van der Waals surface area contributed by atoms with E-state index in [2.05, 4.69) is 11.9 Å². The van der Waals surface area contributed by atoms with E-state index in [1.54, 1.807) is 12.1 Å². The molecule has 1 aromatic heterocycles. The molecule has 0 bridgehead atoms. The lowest BCUT2D eigenvalue weighted by Crippen LogP contribution is -1.95. The maximum atomic E-state index is 9.08. The van der Waals surface area contributed by atoms with E-state index in [0.717, 1.165) is 0 Å². The topological polar surface area (TPSA) is 42.4 Å². The summed E-state index contributed by atoms with van der Waals surface area (Å²) in [5.74, 6) is 0.345. The number of rotatable bonds is 3. The van der Waals surface area contributed by atoms with Crippen molar-refractivity contribution in [3.05, 3.63) is 25.3 Å². The van der Waals surface area contributed by atoms with Crippen molar-refractivity contribution in [3.63, 3.8) is 0 Å². The SMILES string of the molecule is [CH2]CCOc1cccnc1O. The quantitative estimate of drug-likeness (QED) is 0.711. The lowest BCUT2D eigenvalue weighted by molar-refractivity contribution is 0.300. The van der Waals surface area contributed by atoms with E-state index < -0.39 is 0 Å². The number of aromatic hydroxyl groups is 1. The van der Waals surface area contributed by atoms with Gasteiger partial charge in [-0.15, -0.1) is 0 Å². The Bertz CT molecular complexity index is 225. The predicted molar refractivity (Wildman–Crippen MR) is 41.4 cm³/mol. The fourth-order valence-corrected chi connectivity index (χ4v) is 0.677. The molecule has 0 saturated carbocycles. The zero-order valence-corrected chi connectivity index (χ0v) is 6.16. The van der Waals surface area contributed by atoms with Gasteiger partial charge >= 0.3 is 0 Å². The first-order valence-corrected chi connectivity index (χ1v) is 3.40. The Morgan fingerprint density at radius 1 is 1.64 bits per heavy atom. The van der Waals surface area contributed by atoms with Crippen molar-refractivity contribution in [2.45, 2.75) is 6.42 Å². The van der Waals surface area contributed by atoms with Crippen molar-refractivity contribution in [1.29, 1.82) is 0 Å². The molecule has 1 radical (unpaired) electrons. The van der Waals surface area contributed by atoms with Crippen LogP contribution in [0.25, 0.3) is 0 Å². The Morgan fingerprint density at radius 2 is 2.45 bits per heavy atom. The Balaban J connectivity index is 2.62. The van der Waals surface area contributed by atoms with E-state index in [1.165, 1.54) is 6.20 Å². The summed E-state index contributed by atoms with van der Waals surface area (Å²) in [7, 11) is 0. The monoisotopic (exact) mass is 152 g/mol. The molecule has 11 heavy (non-hydrogen) atoms. The van der Waals surface area contributed by atoms with Crippen LogP contribution in [0.5, 0.6) is 11.6 Å². The molecule has 0 amide bonds. The van der Waals surface area contributed by atoms with Crippen molar-refractivity contribution >= 4 is 0 Å². The third kappa shape index (κ3) is 2.11. The van der Waals surface area contributed by atoms with Crippen LogP contribution in [0.3, 0.4) is 0 Å². The minimum atomic E-state index is -0.0686. The van der Waals surface area contributed by atoms with E-state index in [1.807, 2.05) is 0 Å². The normalized spacial score (nSPS) is 9.55. The van der Waals surface area contributed by atoms with Gasteiger partial charge in [0.15, 0.2) is 5.75 Å². The second kappa shape index (κ2) is 3.81. The Hall–Kier alpha value is -1.25. The summed E-state index contributed by atoms with van der Waals surface area (Å²) in [5, 5.41) is 9.08. The van der Waals surface area contributed by atoms with Gasteiger partial charge in [0.1, 0.15) is 0 Å². The average Bonchev–Trinajstić information content (AvgIpc) is 2.03. The van der Waals surface area contributed by atoms with Gasteiger partial charge in [-0.25, -0.2) is 4.98 Å². The second-order valence-corrected chi connectivity index (χ2v) is 2.03. The number of hydrogen-bond donors (Lipinski definition) is 1. The number of pyridine rings is 1. The lowest BCUT2D eigenvalue weighted by Gasteiger charge is -2.03. The molecule has 0 saturated heterocycles. The maximum Gasteiger partial charge on any atom is 0.254 e.